The summed E-state index contributed by atoms with van der Waals surface area (Å²) >= 11 is 1.82. The number of aromatic nitrogens is 1. The summed E-state index contributed by atoms with van der Waals surface area (Å²) in [6.07, 6.45) is 7.16. The van der Waals surface area contributed by atoms with Gasteiger partial charge in [-0.3, -0.25) is 4.99 Å². The van der Waals surface area contributed by atoms with E-state index in [0.717, 1.165) is 31.3 Å². The van der Waals surface area contributed by atoms with Crippen LogP contribution in [0.15, 0.2) is 4.99 Å². The van der Waals surface area contributed by atoms with Gasteiger partial charge in [-0.15, -0.1) is 35.3 Å². The minimum Gasteiger partial charge on any atom is -0.356 e. The Morgan fingerprint density at radius 1 is 1.30 bits per heavy atom. The van der Waals surface area contributed by atoms with E-state index in [4.69, 9.17) is 4.98 Å². The molecule has 0 radical (unpaired) electrons. The zero-order valence-electron chi connectivity index (χ0n) is 14.8. The second-order valence-electron chi connectivity index (χ2n) is 6.31. The van der Waals surface area contributed by atoms with Crippen LogP contribution in [0.4, 0.5) is 0 Å². The molecule has 4 nitrogen and oxygen atoms in total. The van der Waals surface area contributed by atoms with E-state index in [9.17, 15) is 0 Å². The molecule has 0 unspecified atom stereocenters. The lowest BCUT2D eigenvalue weighted by atomic mass is 9.87. The maximum atomic E-state index is 4.69. The highest BCUT2D eigenvalue weighted by atomic mass is 127. The topological polar surface area (TPSA) is 49.3 Å². The molecule has 0 atom stereocenters. The molecule has 6 heteroatoms. The zero-order chi connectivity index (χ0) is 15.9. The Kier molecular flexibility index (Phi) is 9.43. The Labute approximate surface area is 162 Å². The van der Waals surface area contributed by atoms with Gasteiger partial charge in [0.2, 0.25) is 0 Å². The summed E-state index contributed by atoms with van der Waals surface area (Å²) in [6, 6.07) is 0.580. The van der Waals surface area contributed by atoms with Gasteiger partial charge in [0.15, 0.2) is 5.96 Å². The van der Waals surface area contributed by atoms with Gasteiger partial charge >= 0.3 is 0 Å². The third-order valence-electron chi connectivity index (χ3n) is 4.48. The fourth-order valence-electron chi connectivity index (χ4n) is 3.00. The van der Waals surface area contributed by atoms with Crippen LogP contribution in [0.2, 0.25) is 0 Å². The van der Waals surface area contributed by atoms with E-state index >= 15 is 0 Å². The van der Waals surface area contributed by atoms with Crippen molar-refractivity contribution in [2.24, 2.45) is 10.9 Å². The smallest absolute Gasteiger partial charge is 0.191 e. The number of hydrogen-bond donors (Lipinski definition) is 2. The normalized spacial score (nSPS) is 21.7. The van der Waals surface area contributed by atoms with Crippen LogP contribution in [0.1, 0.15) is 55.1 Å². The molecular formula is C17H31IN4S. The first kappa shape index (κ1) is 20.7. The van der Waals surface area contributed by atoms with Crippen molar-refractivity contribution >= 4 is 41.3 Å². The van der Waals surface area contributed by atoms with Crippen LogP contribution in [-0.4, -0.2) is 30.6 Å². The Bertz CT molecular complexity index is 493. The molecule has 1 aliphatic carbocycles. The fraction of sp³-hybridized carbons (Fsp3) is 0.765. The number of nitrogens with zero attached hydrogens (tertiary/aromatic N) is 2. The van der Waals surface area contributed by atoms with Gasteiger partial charge in [-0.1, -0.05) is 13.8 Å². The molecule has 1 saturated carbocycles. The van der Waals surface area contributed by atoms with Crippen molar-refractivity contribution in [2.45, 2.75) is 65.3 Å². The summed E-state index contributed by atoms with van der Waals surface area (Å²) in [4.78, 5) is 10.4. The number of thiazole rings is 1. The van der Waals surface area contributed by atoms with E-state index in [1.807, 2.05) is 18.4 Å². The molecule has 1 aromatic heterocycles. The third-order valence-corrected chi connectivity index (χ3v) is 5.56. The first-order chi connectivity index (χ1) is 10.6. The minimum absolute atomic E-state index is 0. The number of rotatable bonds is 5. The Morgan fingerprint density at radius 2 is 2.00 bits per heavy atom. The average Bonchev–Trinajstić information content (AvgIpc) is 2.88. The predicted octanol–water partition coefficient (Wildman–Crippen LogP) is 3.92. The van der Waals surface area contributed by atoms with Crippen LogP contribution >= 0.6 is 35.3 Å². The van der Waals surface area contributed by atoms with Crippen LogP contribution < -0.4 is 10.6 Å². The van der Waals surface area contributed by atoms with Gasteiger partial charge in [0.1, 0.15) is 0 Å². The Balaban J connectivity index is 0.00000264. The molecular weight excluding hydrogens is 419 g/mol. The molecule has 0 aliphatic heterocycles. The lowest BCUT2D eigenvalue weighted by molar-refractivity contribution is 0.329. The van der Waals surface area contributed by atoms with Crippen LogP contribution in [0.5, 0.6) is 0 Å². The highest BCUT2D eigenvalue weighted by Gasteiger charge is 2.18. The van der Waals surface area contributed by atoms with Gasteiger partial charge in [-0.25, -0.2) is 4.98 Å². The summed E-state index contributed by atoms with van der Waals surface area (Å²) in [7, 11) is 1.85. The van der Waals surface area contributed by atoms with E-state index in [-0.39, 0.29) is 24.0 Å². The van der Waals surface area contributed by atoms with Crippen molar-refractivity contribution in [3.63, 3.8) is 0 Å². The van der Waals surface area contributed by atoms with Gasteiger partial charge in [0, 0.05) is 30.9 Å². The maximum absolute atomic E-state index is 4.69. The quantitative estimate of drug-likeness (QED) is 0.406. The number of guanidine groups is 1. The first-order valence-corrected chi connectivity index (χ1v) is 9.36. The van der Waals surface area contributed by atoms with E-state index in [2.05, 4.69) is 36.4 Å². The van der Waals surface area contributed by atoms with Gasteiger partial charge < -0.3 is 10.6 Å². The monoisotopic (exact) mass is 450 g/mol. The van der Waals surface area contributed by atoms with Crippen molar-refractivity contribution in [1.82, 2.24) is 15.6 Å². The van der Waals surface area contributed by atoms with Gasteiger partial charge in [-0.05, 0) is 44.9 Å². The van der Waals surface area contributed by atoms with Crippen LogP contribution in [0.3, 0.4) is 0 Å². The van der Waals surface area contributed by atoms with E-state index in [1.165, 1.54) is 41.3 Å². The van der Waals surface area contributed by atoms with E-state index < -0.39 is 0 Å². The first-order valence-electron chi connectivity index (χ1n) is 8.54. The molecule has 0 amide bonds. The summed E-state index contributed by atoms with van der Waals surface area (Å²) in [5, 5.41) is 8.22. The molecule has 0 bridgehead atoms. The number of aryl methyl sites for hydroxylation is 2. The molecule has 23 heavy (non-hydrogen) atoms. The summed E-state index contributed by atoms with van der Waals surface area (Å²) in [5.74, 6) is 1.82. The van der Waals surface area contributed by atoms with Crippen molar-refractivity contribution in [2.75, 3.05) is 13.6 Å². The second kappa shape index (κ2) is 10.5. The predicted molar refractivity (Wildman–Crippen MR) is 111 cm³/mol. The molecule has 1 fully saturated rings. The van der Waals surface area contributed by atoms with E-state index in [0.29, 0.717) is 6.04 Å². The number of hydrogen-bond acceptors (Lipinski definition) is 3. The van der Waals surface area contributed by atoms with Crippen LogP contribution in [-0.2, 0) is 12.8 Å². The molecule has 2 N–H and O–H groups in total. The highest BCUT2D eigenvalue weighted by Crippen LogP contribution is 2.23. The van der Waals surface area contributed by atoms with Crippen molar-refractivity contribution < 1.29 is 0 Å². The SMILES string of the molecule is CCc1nc(CCNC(=NC)NC2CCC(C)CC2)sc1C.I. The molecule has 0 saturated heterocycles. The number of halogens is 1. The average molecular weight is 450 g/mol. The molecule has 0 aromatic carbocycles. The van der Waals surface area contributed by atoms with Gasteiger partial charge in [0.05, 0.1) is 10.7 Å². The van der Waals surface area contributed by atoms with Crippen molar-refractivity contribution in [1.29, 1.82) is 0 Å². The maximum Gasteiger partial charge on any atom is 0.191 e. The standard InChI is InChI=1S/C17H30N4S.HI/c1-5-15-13(3)22-16(21-15)10-11-19-17(18-4)20-14-8-6-12(2)7-9-14;/h12,14H,5-11H2,1-4H3,(H2,18,19,20);1H. The molecule has 132 valence electrons. The van der Waals surface area contributed by atoms with Crippen LogP contribution in [0, 0.1) is 12.8 Å². The molecule has 0 spiro atoms. The summed E-state index contributed by atoms with van der Waals surface area (Å²) < 4.78 is 0. The second-order valence-corrected chi connectivity index (χ2v) is 7.60. The highest BCUT2D eigenvalue weighted by molar-refractivity contribution is 14.0. The van der Waals surface area contributed by atoms with E-state index in [1.54, 1.807) is 0 Å². The van der Waals surface area contributed by atoms with Crippen molar-refractivity contribution in [3.05, 3.63) is 15.6 Å². The van der Waals surface area contributed by atoms with Crippen LogP contribution in [0.25, 0.3) is 0 Å². The lowest BCUT2D eigenvalue weighted by Crippen LogP contribution is -2.45. The largest absolute Gasteiger partial charge is 0.356 e. The molecule has 1 heterocycles. The lowest BCUT2D eigenvalue weighted by Gasteiger charge is -2.28. The minimum atomic E-state index is 0. The van der Waals surface area contributed by atoms with Crippen molar-refractivity contribution in [3.8, 4) is 0 Å². The number of aliphatic imine (C=N–C) groups is 1. The summed E-state index contributed by atoms with van der Waals surface area (Å²) in [5.41, 5.74) is 1.25. The molecule has 1 aromatic rings. The molecule has 1 aliphatic rings. The van der Waals surface area contributed by atoms with Gasteiger partial charge in [-0.2, -0.15) is 0 Å². The van der Waals surface area contributed by atoms with Gasteiger partial charge in [0.25, 0.3) is 0 Å². The Morgan fingerprint density at radius 3 is 2.57 bits per heavy atom. The third kappa shape index (κ3) is 6.57. The molecule has 2 rings (SSSR count). The fourth-order valence-corrected chi connectivity index (χ4v) is 4.02. The number of nitrogens with one attached hydrogen (secondary N) is 2. The summed E-state index contributed by atoms with van der Waals surface area (Å²) in [6.45, 7) is 7.57. The Hall–Kier alpha value is -0.370. The zero-order valence-corrected chi connectivity index (χ0v) is 18.0.